The number of benzene rings is 1. The van der Waals surface area contributed by atoms with Crippen LogP contribution < -0.4 is 19.7 Å². The number of anilines is 1. The largest absolute Gasteiger partial charge is 0.497 e. The van der Waals surface area contributed by atoms with E-state index in [1.807, 2.05) is 12.1 Å². The fourth-order valence-electron chi connectivity index (χ4n) is 2.93. The Morgan fingerprint density at radius 2 is 2.03 bits per heavy atom. The fourth-order valence-corrected chi connectivity index (χ4v) is 2.93. The maximum atomic E-state index is 12.4. The van der Waals surface area contributed by atoms with Crippen LogP contribution >= 0.6 is 0 Å². The maximum absolute atomic E-state index is 12.4. The van der Waals surface area contributed by atoms with E-state index in [-0.39, 0.29) is 12.1 Å². The molecule has 2 aromatic rings. The minimum atomic E-state index is -0.491. The number of rotatable bonds is 7. The van der Waals surface area contributed by atoms with Crippen LogP contribution in [0.3, 0.4) is 0 Å². The van der Waals surface area contributed by atoms with Crippen LogP contribution in [0.1, 0.15) is 11.3 Å². The molecule has 0 spiro atoms. The van der Waals surface area contributed by atoms with E-state index in [9.17, 15) is 10.1 Å². The van der Waals surface area contributed by atoms with Crippen LogP contribution in [0.4, 0.5) is 5.88 Å². The molecule has 29 heavy (non-hydrogen) atoms. The SMILES string of the molecule is COc1ccc(CNC(=O)/C(C#N)=C/c2ccc(N3CCOCC3)o2)c(OC)c1. The molecule has 0 radical (unpaired) electrons. The molecule has 1 fully saturated rings. The molecule has 1 aromatic heterocycles. The quantitative estimate of drug-likeness (QED) is 0.566. The molecule has 0 aliphatic carbocycles. The van der Waals surface area contributed by atoms with Crippen molar-refractivity contribution in [2.45, 2.75) is 6.54 Å². The summed E-state index contributed by atoms with van der Waals surface area (Å²) in [6.07, 6.45) is 1.44. The number of nitriles is 1. The molecule has 8 nitrogen and oxygen atoms in total. The summed E-state index contributed by atoms with van der Waals surface area (Å²) in [5.74, 6) is 1.90. The van der Waals surface area contributed by atoms with Crippen molar-refractivity contribution in [1.29, 1.82) is 5.26 Å². The predicted octanol–water partition coefficient (Wildman–Crippen LogP) is 2.36. The summed E-state index contributed by atoms with van der Waals surface area (Å²) in [6, 6.07) is 10.8. The van der Waals surface area contributed by atoms with Crippen LogP contribution in [-0.2, 0) is 16.1 Å². The highest BCUT2D eigenvalue weighted by Gasteiger charge is 2.16. The number of furan rings is 1. The highest BCUT2D eigenvalue weighted by atomic mass is 16.5. The monoisotopic (exact) mass is 397 g/mol. The van der Waals surface area contributed by atoms with Gasteiger partial charge in [-0.2, -0.15) is 5.26 Å². The van der Waals surface area contributed by atoms with E-state index >= 15 is 0 Å². The Morgan fingerprint density at radius 3 is 2.72 bits per heavy atom. The lowest BCUT2D eigenvalue weighted by molar-refractivity contribution is -0.117. The Kier molecular flexibility index (Phi) is 6.76. The zero-order valence-electron chi connectivity index (χ0n) is 16.4. The molecule has 1 aliphatic heterocycles. The number of methoxy groups -OCH3 is 2. The van der Waals surface area contributed by atoms with Crippen LogP contribution in [0, 0.1) is 11.3 Å². The average Bonchev–Trinajstić information content (AvgIpc) is 3.25. The number of carbonyl (C=O) groups is 1. The van der Waals surface area contributed by atoms with Gasteiger partial charge in [-0.15, -0.1) is 0 Å². The molecule has 2 heterocycles. The smallest absolute Gasteiger partial charge is 0.262 e. The molecular formula is C21H23N3O5. The van der Waals surface area contributed by atoms with Crippen molar-refractivity contribution in [3.8, 4) is 17.6 Å². The fraction of sp³-hybridized carbons (Fsp3) is 0.333. The standard InChI is InChI=1S/C21H23N3O5/c1-26-17-4-3-15(19(12-17)27-2)14-23-21(25)16(13-22)11-18-5-6-20(29-18)24-7-9-28-10-8-24/h3-6,11-12H,7-10,14H2,1-2H3,(H,23,25)/b16-11+. The van der Waals surface area contributed by atoms with E-state index < -0.39 is 5.91 Å². The Balaban J connectivity index is 1.66. The van der Waals surface area contributed by atoms with Gasteiger partial charge in [-0.3, -0.25) is 4.79 Å². The second kappa shape index (κ2) is 9.66. The van der Waals surface area contributed by atoms with Crippen molar-refractivity contribution >= 4 is 17.9 Å². The lowest BCUT2D eigenvalue weighted by atomic mass is 10.1. The summed E-state index contributed by atoms with van der Waals surface area (Å²) >= 11 is 0. The molecule has 8 heteroatoms. The average molecular weight is 397 g/mol. The molecule has 0 bridgehead atoms. The van der Waals surface area contributed by atoms with E-state index in [0.717, 1.165) is 18.7 Å². The molecular weight excluding hydrogens is 374 g/mol. The van der Waals surface area contributed by atoms with Crippen LogP contribution in [0.15, 0.2) is 40.3 Å². The van der Waals surface area contributed by atoms with E-state index in [1.165, 1.54) is 6.08 Å². The normalized spacial score (nSPS) is 14.2. The molecule has 1 saturated heterocycles. The lowest BCUT2D eigenvalue weighted by Gasteiger charge is -2.26. The van der Waals surface area contributed by atoms with Gasteiger partial charge in [-0.05, 0) is 18.2 Å². The first-order valence-corrected chi connectivity index (χ1v) is 9.18. The number of ether oxygens (including phenoxy) is 3. The third kappa shape index (κ3) is 5.09. The van der Waals surface area contributed by atoms with Gasteiger partial charge in [0, 0.05) is 43.4 Å². The second-order valence-electron chi connectivity index (χ2n) is 6.31. The Bertz CT molecular complexity index is 923. The lowest BCUT2D eigenvalue weighted by Crippen LogP contribution is -2.35. The number of amides is 1. The van der Waals surface area contributed by atoms with Gasteiger partial charge in [0.2, 0.25) is 0 Å². The third-order valence-electron chi connectivity index (χ3n) is 4.52. The number of morpholine rings is 1. The van der Waals surface area contributed by atoms with Gasteiger partial charge < -0.3 is 28.8 Å². The molecule has 1 amide bonds. The van der Waals surface area contributed by atoms with Crippen LogP contribution in [0.25, 0.3) is 6.08 Å². The van der Waals surface area contributed by atoms with E-state index in [0.29, 0.717) is 36.4 Å². The number of nitrogens with one attached hydrogen (secondary N) is 1. The van der Waals surface area contributed by atoms with Crippen molar-refractivity contribution in [1.82, 2.24) is 5.32 Å². The van der Waals surface area contributed by atoms with Gasteiger partial charge in [-0.1, -0.05) is 0 Å². The van der Waals surface area contributed by atoms with Gasteiger partial charge in [-0.25, -0.2) is 0 Å². The molecule has 1 aliphatic rings. The first kappa shape index (κ1) is 20.3. The molecule has 0 unspecified atom stereocenters. The molecule has 3 rings (SSSR count). The number of hydrogen-bond donors (Lipinski definition) is 1. The number of hydrogen-bond acceptors (Lipinski definition) is 7. The first-order valence-electron chi connectivity index (χ1n) is 9.18. The Morgan fingerprint density at radius 1 is 1.24 bits per heavy atom. The molecule has 0 atom stereocenters. The van der Waals surface area contributed by atoms with Crippen LogP contribution in [0.2, 0.25) is 0 Å². The summed E-state index contributed by atoms with van der Waals surface area (Å²) in [5, 5.41) is 12.1. The number of nitrogens with zero attached hydrogens (tertiary/aromatic N) is 2. The summed E-state index contributed by atoms with van der Waals surface area (Å²) in [7, 11) is 3.11. The van der Waals surface area contributed by atoms with Gasteiger partial charge >= 0.3 is 0 Å². The van der Waals surface area contributed by atoms with Crippen LogP contribution in [-0.4, -0.2) is 46.4 Å². The number of carbonyl (C=O) groups excluding carboxylic acids is 1. The van der Waals surface area contributed by atoms with E-state index in [1.54, 1.807) is 38.5 Å². The van der Waals surface area contributed by atoms with Crippen molar-refractivity contribution in [2.75, 3.05) is 45.4 Å². The van der Waals surface area contributed by atoms with Gasteiger partial charge in [0.1, 0.15) is 28.9 Å². The summed E-state index contributed by atoms with van der Waals surface area (Å²) in [4.78, 5) is 14.5. The molecule has 152 valence electrons. The summed E-state index contributed by atoms with van der Waals surface area (Å²) in [5.41, 5.74) is 0.729. The minimum absolute atomic E-state index is 0.0413. The van der Waals surface area contributed by atoms with Crippen LogP contribution in [0.5, 0.6) is 11.5 Å². The highest BCUT2D eigenvalue weighted by Crippen LogP contribution is 2.25. The Hall–Kier alpha value is -3.44. The van der Waals surface area contributed by atoms with E-state index in [2.05, 4.69) is 10.2 Å². The summed E-state index contributed by atoms with van der Waals surface area (Å²) < 4.78 is 21.6. The molecule has 1 N–H and O–H groups in total. The van der Waals surface area contributed by atoms with Gasteiger partial charge in [0.25, 0.3) is 5.91 Å². The van der Waals surface area contributed by atoms with Gasteiger partial charge in [0.05, 0.1) is 27.4 Å². The first-order chi connectivity index (χ1) is 14.1. The van der Waals surface area contributed by atoms with Crippen molar-refractivity contribution in [3.05, 3.63) is 47.2 Å². The highest BCUT2D eigenvalue weighted by molar-refractivity contribution is 6.01. The van der Waals surface area contributed by atoms with Crippen molar-refractivity contribution < 1.29 is 23.4 Å². The minimum Gasteiger partial charge on any atom is -0.497 e. The third-order valence-corrected chi connectivity index (χ3v) is 4.52. The maximum Gasteiger partial charge on any atom is 0.262 e. The zero-order valence-corrected chi connectivity index (χ0v) is 16.4. The summed E-state index contributed by atoms with van der Waals surface area (Å²) in [6.45, 7) is 2.99. The van der Waals surface area contributed by atoms with E-state index in [4.69, 9.17) is 18.6 Å². The molecule has 0 saturated carbocycles. The Labute approximate surface area is 169 Å². The molecule has 1 aromatic carbocycles. The zero-order chi connectivity index (χ0) is 20.6. The second-order valence-corrected chi connectivity index (χ2v) is 6.31. The topological polar surface area (TPSA) is 97.0 Å². The van der Waals surface area contributed by atoms with Gasteiger partial charge in [0.15, 0.2) is 5.88 Å². The van der Waals surface area contributed by atoms with Crippen molar-refractivity contribution in [3.63, 3.8) is 0 Å². The predicted molar refractivity (Wildman–Crippen MR) is 107 cm³/mol. The van der Waals surface area contributed by atoms with Crippen molar-refractivity contribution in [2.24, 2.45) is 0 Å².